The van der Waals surface area contributed by atoms with Crippen LogP contribution in [0.25, 0.3) is 0 Å². The minimum Gasteiger partial charge on any atom is -0.342 e. The molecule has 2 rings (SSSR count). The molecule has 1 fully saturated rings. The summed E-state index contributed by atoms with van der Waals surface area (Å²) in [4.78, 5) is 31.0. The van der Waals surface area contributed by atoms with Crippen LogP contribution in [-0.4, -0.2) is 28.9 Å². The Balaban J connectivity index is 2.45. The normalized spacial score (nSPS) is 23.9. The van der Waals surface area contributed by atoms with E-state index in [1.54, 1.807) is 17.3 Å². The summed E-state index contributed by atoms with van der Waals surface area (Å²) >= 11 is 0. The van der Waals surface area contributed by atoms with E-state index in [1.165, 1.54) is 0 Å². The van der Waals surface area contributed by atoms with Crippen LogP contribution in [0.1, 0.15) is 39.2 Å². The Kier molecular flexibility index (Phi) is 4.60. The van der Waals surface area contributed by atoms with Gasteiger partial charge >= 0.3 is 0 Å². The number of hydrogen-bond acceptors (Lipinski definition) is 3. The largest absolute Gasteiger partial charge is 0.342 e. The molecule has 1 saturated heterocycles. The third kappa shape index (κ3) is 2.77. The van der Waals surface area contributed by atoms with Crippen molar-refractivity contribution >= 4 is 17.5 Å². The van der Waals surface area contributed by atoms with Crippen LogP contribution in [0, 0.1) is 12.8 Å². The molecule has 21 heavy (non-hydrogen) atoms. The number of nitrogens with zero attached hydrogens (tertiary/aromatic N) is 2. The van der Waals surface area contributed by atoms with Crippen LogP contribution >= 0.6 is 0 Å². The average Bonchev–Trinajstić information content (AvgIpc) is 2.49. The molecular weight excluding hydrogens is 266 g/mol. The van der Waals surface area contributed by atoms with Gasteiger partial charge in [0, 0.05) is 6.20 Å². The predicted octanol–water partition coefficient (Wildman–Crippen LogP) is 2.05. The number of anilines is 1. The summed E-state index contributed by atoms with van der Waals surface area (Å²) in [5, 5.41) is 2.89. The van der Waals surface area contributed by atoms with Crippen LogP contribution in [-0.2, 0) is 9.59 Å². The minimum absolute atomic E-state index is 0.0353. The number of nitrogens with one attached hydrogen (secondary N) is 1. The van der Waals surface area contributed by atoms with Gasteiger partial charge < -0.3 is 5.32 Å². The topological polar surface area (TPSA) is 62.3 Å². The number of rotatable bonds is 4. The number of amides is 2. The maximum atomic E-state index is 12.9. The van der Waals surface area contributed by atoms with Gasteiger partial charge in [0.2, 0.25) is 5.91 Å². The van der Waals surface area contributed by atoms with Crippen molar-refractivity contribution in [2.75, 3.05) is 4.90 Å². The predicted molar refractivity (Wildman–Crippen MR) is 81.9 cm³/mol. The molecular formula is C16H23N3O2. The zero-order valence-corrected chi connectivity index (χ0v) is 13.1. The molecule has 3 unspecified atom stereocenters. The lowest BCUT2D eigenvalue weighted by Gasteiger charge is -2.40. The van der Waals surface area contributed by atoms with E-state index in [0.29, 0.717) is 6.42 Å². The molecule has 0 bridgehead atoms. The second-order valence-corrected chi connectivity index (χ2v) is 5.67. The molecule has 5 nitrogen and oxygen atoms in total. The van der Waals surface area contributed by atoms with Crippen molar-refractivity contribution in [1.82, 2.24) is 10.3 Å². The molecule has 1 aromatic rings. The maximum absolute atomic E-state index is 12.9. The van der Waals surface area contributed by atoms with Gasteiger partial charge in [-0.1, -0.05) is 27.2 Å². The first kappa shape index (κ1) is 15.5. The Hall–Kier alpha value is -1.91. The van der Waals surface area contributed by atoms with E-state index < -0.39 is 12.1 Å². The summed E-state index contributed by atoms with van der Waals surface area (Å²) in [5.41, 5.74) is 1.69. The fraction of sp³-hybridized carbons (Fsp3) is 0.562. The highest BCUT2D eigenvalue weighted by Crippen LogP contribution is 2.27. The number of carbonyl (C=O) groups is 2. The fourth-order valence-corrected chi connectivity index (χ4v) is 2.72. The highest BCUT2D eigenvalue weighted by molar-refractivity contribution is 6.08. The Bertz CT molecular complexity index is 544. The van der Waals surface area contributed by atoms with Crippen LogP contribution in [0.5, 0.6) is 0 Å². The Morgan fingerprint density at radius 2 is 2.10 bits per heavy atom. The van der Waals surface area contributed by atoms with Crippen LogP contribution in [0.2, 0.25) is 0 Å². The van der Waals surface area contributed by atoms with E-state index in [4.69, 9.17) is 0 Å². The van der Waals surface area contributed by atoms with Gasteiger partial charge in [0.05, 0.1) is 11.9 Å². The molecule has 1 aliphatic heterocycles. The van der Waals surface area contributed by atoms with Gasteiger partial charge in [-0.3, -0.25) is 19.5 Å². The van der Waals surface area contributed by atoms with Crippen molar-refractivity contribution in [1.29, 1.82) is 0 Å². The van der Waals surface area contributed by atoms with E-state index in [1.807, 2.05) is 33.8 Å². The molecule has 2 amide bonds. The summed E-state index contributed by atoms with van der Waals surface area (Å²) < 4.78 is 0. The molecule has 5 heteroatoms. The second-order valence-electron chi connectivity index (χ2n) is 5.67. The first-order valence-corrected chi connectivity index (χ1v) is 7.55. The number of aromatic nitrogens is 1. The monoisotopic (exact) mass is 289 g/mol. The summed E-state index contributed by atoms with van der Waals surface area (Å²) in [6.07, 6.45) is 4.79. The van der Waals surface area contributed by atoms with Gasteiger partial charge in [0.15, 0.2) is 0 Å². The fourth-order valence-electron chi connectivity index (χ4n) is 2.72. The minimum atomic E-state index is -0.458. The first-order chi connectivity index (χ1) is 10.0. The third-order valence-corrected chi connectivity index (χ3v) is 4.29. The number of pyridine rings is 1. The smallest absolute Gasteiger partial charge is 0.250 e. The Morgan fingerprint density at radius 3 is 2.67 bits per heavy atom. The number of piperazine rings is 1. The molecule has 1 aromatic heterocycles. The lowest BCUT2D eigenvalue weighted by atomic mass is 9.93. The van der Waals surface area contributed by atoms with E-state index in [2.05, 4.69) is 10.3 Å². The van der Waals surface area contributed by atoms with Crippen LogP contribution in [0.15, 0.2) is 18.5 Å². The average molecular weight is 289 g/mol. The van der Waals surface area contributed by atoms with E-state index in [9.17, 15) is 9.59 Å². The van der Waals surface area contributed by atoms with E-state index in [0.717, 1.165) is 17.7 Å². The quantitative estimate of drug-likeness (QED) is 0.922. The molecule has 3 atom stereocenters. The van der Waals surface area contributed by atoms with Crippen molar-refractivity contribution < 1.29 is 9.59 Å². The van der Waals surface area contributed by atoms with Gasteiger partial charge in [-0.05, 0) is 30.9 Å². The first-order valence-electron chi connectivity index (χ1n) is 7.55. The van der Waals surface area contributed by atoms with Gasteiger partial charge in [-0.2, -0.15) is 0 Å². The summed E-state index contributed by atoms with van der Waals surface area (Å²) in [6, 6.07) is 0.950. The molecule has 0 aliphatic carbocycles. The summed E-state index contributed by atoms with van der Waals surface area (Å²) in [5.74, 6) is -0.00344. The Labute approximate surface area is 125 Å². The summed E-state index contributed by atoms with van der Waals surface area (Å²) in [7, 11) is 0. The van der Waals surface area contributed by atoms with Gasteiger partial charge in [-0.25, -0.2) is 0 Å². The van der Waals surface area contributed by atoms with Crippen LogP contribution < -0.4 is 10.2 Å². The molecule has 1 N–H and O–H groups in total. The lowest BCUT2D eigenvalue weighted by Crippen LogP contribution is -2.65. The van der Waals surface area contributed by atoms with Crippen molar-refractivity contribution in [2.45, 2.75) is 52.6 Å². The molecule has 0 radical (unpaired) electrons. The molecule has 2 heterocycles. The SMILES string of the molecule is CCC(C)C1NC(=O)C(CC)N(c2cnccc2C)C1=O. The van der Waals surface area contributed by atoms with Crippen LogP contribution in [0.3, 0.4) is 0 Å². The highest BCUT2D eigenvalue weighted by atomic mass is 16.2. The van der Waals surface area contributed by atoms with Crippen molar-refractivity contribution in [3.8, 4) is 0 Å². The zero-order valence-electron chi connectivity index (χ0n) is 13.1. The standard InChI is InChI=1S/C16H23N3O2/c1-5-10(3)14-16(21)19(12(6-2)15(20)18-14)13-9-17-8-7-11(13)4/h7-10,12,14H,5-6H2,1-4H3,(H,18,20). The van der Waals surface area contributed by atoms with Crippen LogP contribution in [0.4, 0.5) is 5.69 Å². The number of carbonyl (C=O) groups excluding carboxylic acids is 2. The molecule has 114 valence electrons. The van der Waals surface area contributed by atoms with Crippen molar-refractivity contribution in [3.63, 3.8) is 0 Å². The second kappa shape index (κ2) is 6.24. The Morgan fingerprint density at radius 1 is 1.38 bits per heavy atom. The number of hydrogen-bond donors (Lipinski definition) is 1. The highest BCUT2D eigenvalue weighted by Gasteiger charge is 2.42. The van der Waals surface area contributed by atoms with Gasteiger partial charge in [0.25, 0.3) is 5.91 Å². The zero-order chi connectivity index (χ0) is 15.6. The van der Waals surface area contributed by atoms with Crippen molar-refractivity contribution in [2.24, 2.45) is 5.92 Å². The van der Waals surface area contributed by atoms with E-state index >= 15 is 0 Å². The lowest BCUT2D eigenvalue weighted by molar-refractivity contribution is -0.135. The van der Waals surface area contributed by atoms with Crippen molar-refractivity contribution in [3.05, 3.63) is 24.0 Å². The molecule has 0 spiro atoms. The molecule has 0 saturated carbocycles. The van der Waals surface area contributed by atoms with Gasteiger partial charge in [0.1, 0.15) is 12.1 Å². The van der Waals surface area contributed by atoms with E-state index in [-0.39, 0.29) is 17.7 Å². The third-order valence-electron chi connectivity index (χ3n) is 4.29. The molecule has 1 aliphatic rings. The number of aryl methyl sites for hydroxylation is 1. The maximum Gasteiger partial charge on any atom is 0.250 e. The summed E-state index contributed by atoms with van der Waals surface area (Å²) in [6.45, 7) is 7.86. The molecule has 0 aromatic carbocycles. The van der Waals surface area contributed by atoms with Gasteiger partial charge in [-0.15, -0.1) is 0 Å².